The molecule has 1 heterocycles. The summed E-state index contributed by atoms with van der Waals surface area (Å²) in [6.07, 6.45) is 0.719. The van der Waals surface area contributed by atoms with Crippen LogP contribution in [0.3, 0.4) is 0 Å². The second-order valence-corrected chi connectivity index (χ2v) is 3.88. The zero-order valence-corrected chi connectivity index (χ0v) is 8.23. The summed E-state index contributed by atoms with van der Waals surface area (Å²) in [5.41, 5.74) is 0. The third-order valence-electron chi connectivity index (χ3n) is 1.92. The van der Waals surface area contributed by atoms with Gasteiger partial charge < -0.3 is 4.74 Å². The van der Waals surface area contributed by atoms with Crippen LogP contribution < -0.4 is 4.74 Å². The van der Waals surface area contributed by atoms with Crippen molar-refractivity contribution in [2.75, 3.05) is 7.11 Å². The van der Waals surface area contributed by atoms with E-state index in [0.29, 0.717) is 20.7 Å². The maximum Gasteiger partial charge on any atom is 0.160 e. The Balaban J connectivity index is 2.73. The number of aldehydes is 1. The Labute approximate surface area is 83.9 Å². The Hall–Kier alpha value is -1.42. The molecule has 2 aromatic rings. The van der Waals surface area contributed by atoms with Gasteiger partial charge in [0.1, 0.15) is 11.6 Å². The van der Waals surface area contributed by atoms with Gasteiger partial charge in [0, 0.05) is 6.07 Å². The predicted octanol–water partition coefficient (Wildman–Crippen LogP) is 2.86. The molecule has 0 N–H and O–H groups in total. The number of carbonyl (C=O) groups is 1. The first-order chi connectivity index (χ1) is 6.74. The van der Waals surface area contributed by atoms with Gasteiger partial charge in [-0.25, -0.2) is 4.39 Å². The number of carbonyl (C=O) groups excluding carboxylic acids is 1. The van der Waals surface area contributed by atoms with Gasteiger partial charge in [0.05, 0.1) is 16.7 Å². The van der Waals surface area contributed by atoms with E-state index in [2.05, 4.69) is 0 Å². The molecule has 0 aliphatic heterocycles. The summed E-state index contributed by atoms with van der Waals surface area (Å²) < 4.78 is 18.8. The van der Waals surface area contributed by atoms with Crippen LogP contribution in [0.5, 0.6) is 5.75 Å². The van der Waals surface area contributed by atoms with Crippen LogP contribution in [0, 0.1) is 5.82 Å². The van der Waals surface area contributed by atoms with Crippen molar-refractivity contribution in [1.82, 2.24) is 0 Å². The van der Waals surface area contributed by atoms with Crippen LogP contribution in [-0.2, 0) is 0 Å². The third-order valence-corrected chi connectivity index (χ3v) is 3.00. The highest BCUT2D eigenvalue weighted by Crippen LogP contribution is 2.30. The molecule has 72 valence electrons. The molecular weight excluding hydrogens is 203 g/mol. The van der Waals surface area contributed by atoms with Crippen molar-refractivity contribution < 1.29 is 13.9 Å². The van der Waals surface area contributed by atoms with E-state index in [1.54, 1.807) is 12.1 Å². The standard InChI is InChI=1S/C10H7FO2S/c1-13-7-2-6-3-8(5-12)14-10(6)9(11)4-7/h2-5H,1H3. The number of methoxy groups -OCH3 is 1. The minimum atomic E-state index is -0.350. The van der Waals surface area contributed by atoms with Crippen molar-refractivity contribution in [3.8, 4) is 5.75 Å². The summed E-state index contributed by atoms with van der Waals surface area (Å²) in [5, 5.41) is 0.703. The number of rotatable bonds is 2. The molecule has 0 saturated carbocycles. The van der Waals surface area contributed by atoms with Gasteiger partial charge in [-0.05, 0) is 17.5 Å². The monoisotopic (exact) mass is 210 g/mol. The normalized spacial score (nSPS) is 10.4. The van der Waals surface area contributed by atoms with E-state index in [9.17, 15) is 9.18 Å². The maximum absolute atomic E-state index is 13.4. The molecule has 0 amide bonds. The molecule has 2 rings (SSSR count). The lowest BCUT2D eigenvalue weighted by molar-refractivity contribution is 0.112. The SMILES string of the molecule is COc1cc(F)c2sc(C=O)cc2c1. The molecular formula is C10H7FO2S. The van der Waals surface area contributed by atoms with Gasteiger partial charge in [0.25, 0.3) is 0 Å². The van der Waals surface area contributed by atoms with Crippen LogP contribution in [0.2, 0.25) is 0 Å². The summed E-state index contributed by atoms with van der Waals surface area (Å²) in [5.74, 6) is 0.114. The number of benzene rings is 1. The van der Waals surface area contributed by atoms with Gasteiger partial charge in [-0.1, -0.05) is 0 Å². The van der Waals surface area contributed by atoms with Crippen LogP contribution >= 0.6 is 11.3 Å². The van der Waals surface area contributed by atoms with Gasteiger partial charge in [-0.15, -0.1) is 11.3 Å². The molecule has 0 aliphatic carbocycles. The smallest absolute Gasteiger partial charge is 0.160 e. The maximum atomic E-state index is 13.4. The number of ether oxygens (including phenoxy) is 1. The summed E-state index contributed by atoms with van der Waals surface area (Å²) >= 11 is 1.14. The summed E-state index contributed by atoms with van der Waals surface area (Å²) in [4.78, 5) is 11.0. The number of halogens is 1. The average Bonchev–Trinajstić information content (AvgIpc) is 2.61. The second-order valence-electron chi connectivity index (χ2n) is 2.79. The number of hydrogen-bond acceptors (Lipinski definition) is 3. The molecule has 1 aromatic carbocycles. The van der Waals surface area contributed by atoms with Crippen LogP contribution in [0.15, 0.2) is 18.2 Å². The van der Waals surface area contributed by atoms with E-state index in [1.807, 2.05) is 0 Å². The summed E-state index contributed by atoms with van der Waals surface area (Å²) in [6, 6.07) is 4.67. The van der Waals surface area contributed by atoms with E-state index >= 15 is 0 Å². The van der Waals surface area contributed by atoms with Crippen LogP contribution in [0.1, 0.15) is 9.67 Å². The fraction of sp³-hybridized carbons (Fsp3) is 0.100. The van der Waals surface area contributed by atoms with Gasteiger partial charge in [0.2, 0.25) is 0 Å². The van der Waals surface area contributed by atoms with Crippen molar-refractivity contribution in [3.05, 3.63) is 28.9 Å². The van der Waals surface area contributed by atoms with Crippen molar-refractivity contribution in [3.63, 3.8) is 0 Å². The number of hydrogen-bond donors (Lipinski definition) is 0. The van der Waals surface area contributed by atoms with E-state index < -0.39 is 0 Å². The van der Waals surface area contributed by atoms with Crippen LogP contribution in [0.4, 0.5) is 4.39 Å². The molecule has 2 nitrogen and oxygen atoms in total. The fourth-order valence-electron chi connectivity index (χ4n) is 1.28. The highest BCUT2D eigenvalue weighted by atomic mass is 32.1. The number of thiophene rings is 1. The molecule has 0 fully saturated rings. The fourth-order valence-corrected chi connectivity index (χ4v) is 2.14. The highest BCUT2D eigenvalue weighted by molar-refractivity contribution is 7.20. The Kier molecular flexibility index (Phi) is 2.21. The molecule has 0 saturated heterocycles. The lowest BCUT2D eigenvalue weighted by Crippen LogP contribution is -1.83. The molecule has 0 unspecified atom stereocenters. The first-order valence-electron chi connectivity index (χ1n) is 3.97. The van der Waals surface area contributed by atoms with Crippen molar-refractivity contribution in [1.29, 1.82) is 0 Å². The lowest BCUT2D eigenvalue weighted by atomic mass is 10.2. The van der Waals surface area contributed by atoms with E-state index in [-0.39, 0.29) is 5.82 Å². The minimum absolute atomic E-state index is 0.350. The third kappa shape index (κ3) is 1.37. The quantitative estimate of drug-likeness (QED) is 0.712. The van der Waals surface area contributed by atoms with Gasteiger partial charge in [0.15, 0.2) is 6.29 Å². The van der Waals surface area contributed by atoms with E-state index in [0.717, 1.165) is 17.6 Å². The molecule has 14 heavy (non-hydrogen) atoms. The first-order valence-corrected chi connectivity index (χ1v) is 4.78. The van der Waals surface area contributed by atoms with Crippen molar-refractivity contribution in [2.24, 2.45) is 0 Å². The zero-order valence-electron chi connectivity index (χ0n) is 7.41. The average molecular weight is 210 g/mol. The molecule has 0 bridgehead atoms. The Morgan fingerprint density at radius 3 is 2.86 bits per heavy atom. The van der Waals surface area contributed by atoms with Crippen molar-refractivity contribution >= 4 is 27.7 Å². The van der Waals surface area contributed by atoms with Crippen LogP contribution in [-0.4, -0.2) is 13.4 Å². The van der Waals surface area contributed by atoms with Crippen LogP contribution in [0.25, 0.3) is 10.1 Å². The topological polar surface area (TPSA) is 26.3 Å². The summed E-state index contributed by atoms with van der Waals surface area (Å²) in [6.45, 7) is 0. The predicted molar refractivity (Wildman–Crippen MR) is 53.7 cm³/mol. The van der Waals surface area contributed by atoms with Gasteiger partial charge in [-0.2, -0.15) is 0 Å². The molecule has 0 aliphatic rings. The molecule has 4 heteroatoms. The van der Waals surface area contributed by atoms with Gasteiger partial charge >= 0.3 is 0 Å². The molecule has 0 atom stereocenters. The van der Waals surface area contributed by atoms with Crippen molar-refractivity contribution in [2.45, 2.75) is 0 Å². The van der Waals surface area contributed by atoms with Gasteiger partial charge in [-0.3, -0.25) is 4.79 Å². The first kappa shape index (κ1) is 9.15. The van der Waals surface area contributed by atoms with E-state index in [1.165, 1.54) is 13.2 Å². The Bertz CT molecular complexity index is 490. The lowest BCUT2D eigenvalue weighted by Gasteiger charge is -1.99. The highest BCUT2D eigenvalue weighted by Gasteiger charge is 2.08. The number of fused-ring (bicyclic) bond motifs is 1. The zero-order chi connectivity index (χ0) is 10.1. The Morgan fingerprint density at radius 2 is 2.21 bits per heavy atom. The second kappa shape index (κ2) is 3.38. The summed E-state index contributed by atoms with van der Waals surface area (Å²) in [7, 11) is 1.48. The largest absolute Gasteiger partial charge is 0.497 e. The molecule has 0 spiro atoms. The van der Waals surface area contributed by atoms with E-state index in [4.69, 9.17) is 4.74 Å². The minimum Gasteiger partial charge on any atom is -0.497 e. The Morgan fingerprint density at radius 1 is 1.43 bits per heavy atom. The molecule has 1 aromatic heterocycles. The molecule has 0 radical (unpaired) electrons.